The fourth-order valence-corrected chi connectivity index (χ4v) is 2.19. The van der Waals surface area contributed by atoms with Crippen molar-refractivity contribution in [2.75, 3.05) is 33.0 Å². The summed E-state index contributed by atoms with van der Waals surface area (Å²) in [6, 6.07) is 0. The van der Waals surface area contributed by atoms with E-state index in [2.05, 4.69) is 0 Å². The van der Waals surface area contributed by atoms with Crippen molar-refractivity contribution in [1.29, 1.82) is 0 Å². The fraction of sp³-hybridized carbons (Fsp3) is 0.933. The molecule has 1 aliphatic rings. The Morgan fingerprint density at radius 3 is 2.26 bits per heavy atom. The smallest absolute Gasteiger partial charge is 0.134 e. The molecule has 1 rings (SSSR count). The molecule has 0 aromatic carbocycles. The van der Waals surface area contributed by atoms with Crippen LogP contribution < -0.4 is 0 Å². The number of ketones is 1. The van der Waals surface area contributed by atoms with Crippen molar-refractivity contribution < 1.29 is 19.0 Å². The summed E-state index contributed by atoms with van der Waals surface area (Å²) in [7, 11) is 0. The van der Waals surface area contributed by atoms with Crippen LogP contribution in [-0.2, 0) is 19.0 Å². The van der Waals surface area contributed by atoms with Crippen LogP contribution in [-0.4, -0.2) is 44.9 Å². The van der Waals surface area contributed by atoms with Gasteiger partial charge in [0.25, 0.3) is 0 Å². The number of hydrogen-bond acceptors (Lipinski definition) is 4. The average Bonchev–Trinajstić information content (AvgIpc) is 2.46. The van der Waals surface area contributed by atoms with Crippen LogP contribution in [0.5, 0.6) is 0 Å². The van der Waals surface area contributed by atoms with Gasteiger partial charge >= 0.3 is 0 Å². The Morgan fingerprint density at radius 2 is 1.58 bits per heavy atom. The largest absolute Gasteiger partial charge is 0.379 e. The van der Waals surface area contributed by atoms with E-state index in [4.69, 9.17) is 14.2 Å². The van der Waals surface area contributed by atoms with Gasteiger partial charge in [-0.25, -0.2) is 0 Å². The molecule has 112 valence electrons. The van der Waals surface area contributed by atoms with Gasteiger partial charge in [-0.05, 0) is 12.8 Å². The Hall–Kier alpha value is -0.450. The summed E-state index contributed by atoms with van der Waals surface area (Å²) in [5, 5.41) is 0. The molecule has 0 spiro atoms. The monoisotopic (exact) mass is 272 g/mol. The van der Waals surface area contributed by atoms with Crippen molar-refractivity contribution in [3.8, 4) is 0 Å². The van der Waals surface area contributed by atoms with Gasteiger partial charge in [0.15, 0.2) is 0 Å². The Labute approximate surface area is 116 Å². The van der Waals surface area contributed by atoms with E-state index < -0.39 is 0 Å². The number of rotatable bonds is 11. The fourth-order valence-electron chi connectivity index (χ4n) is 2.19. The Balaban J connectivity index is 1.77. The normalized spacial score (nSPS) is 16.7. The molecule has 0 atom stereocenters. The van der Waals surface area contributed by atoms with Crippen molar-refractivity contribution in [2.24, 2.45) is 0 Å². The van der Waals surface area contributed by atoms with Crippen molar-refractivity contribution in [3.63, 3.8) is 0 Å². The van der Waals surface area contributed by atoms with Gasteiger partial charge in [-0.3, -0.25) is 4.79 Å². The summed E-state index contributed by atoms with van der Waals surface area (Å²) >= 11 is 0. The van der Waals surface area contributed by atoms with E-state index in [0.717, 1.165) is 0 Å². The van der Waals surface area contributed by atoms with E-state index in [9.17, 15) is 4.79 Å². The van der Waals surface area contributed by atoms with Gasteiger partial charge < -0.3 is 14.2 Å². The standard InChI is InChI=1S/C15H28O4/c1-2-14(16)8-9-17-10-11-18-12-13-19-15-6-4-3-5-7-15/h15H,2-13H2,1H3. The quantitative estimate of drug-likeness (QED) is 0.543. The van der Waals surface area contributed by atoms with Crippen LogP contribution in [0.2, 0.25) is 0 Å². The third kappa shape index (κ3) is 9.14. The van der Waals surface area contributed by atoms with Crippen LogP contribution in [0.4, 0.5) is 0 Å². The Kier molecular flexibility index (Phi) is 9.95. The number of carbonyl (C=O) groups is 1. The number of carbonyl (C=O) groups excluding carboxylic acids is 1. The first-order valence-corrected chi connectivity index (χ1v) is 7.61. The van der Waals surface area contributed by atoms with Gasteiger partial charge in [-0.2, -0.15) is 0 Å². The van der Waals surface area contributed by atoms with Gasteiger partial charge in [0.05, 0.1) is 39.1 Å². The SMILES string of the molecule is CCC(=O)CCOCCOCCOC1CCCCC1. The molecule has 0 bridgehead atoms. The molecule has 0 amide bonds. The van der Waals surface area contributed by atoms with Crippen molar-refractivity contribution in [2.45, 2.75) is 58.0 Å². The summed E-state index contributed by atoms with van der Waals surface area (Å²) in [6.07, 6.45) is 7.93. The van der Waals surface area contributed by atoms with Crippen LogP contribution in [0, 0.1) is 0 Å². The van der Waals surface area contributed by atoms with E-state index in [1.54, 1.807) is 0 Å². The lowest BCUT2D eigenvalue weighted by atomic mass is 9.98. The van der Waals surface area contributed by atoms with E-state index in [1.807, 2.05) is 6.92 Å². The zero-order chi connectivity index (χ0) is 13.8. The second kappa shape index (κ2) is 11.4. The van der Waals surface area contributed by atoms with Gasteiger partial charge in [-0.15, -0.1) is 0 Å². The molecule has 0 aromatic heterocycles. The minimum absolute atomic E-state index is 0.252. The molecular weight excluding hydrogens is 244 g/mol. The molecule has 0 saturated heterocycles. The van der Waals surface area contributed by atoms with Crippen molar-refractivity contribution >= 4 is 5.78 Å². The van der Waals surface area contributed by atoms with Crippen LogP contribution in [0.15, 0.2) is 0 Å². The molecule has 1 aliphatic carbocycles. The maximum absolute atomic E-state index is 11.0. The van der Waals surface area contributed by atoms with Gasteiger partial charge in [0.1, 0.15) is 5.78 Å². The second-order valence-corrected chi connectivity index (χ2v) is 5.00. The summed E-state index contributed by atoms with van der Waals surface area (Å²) in [4.78, 5) is 11.0. The first-order chi connectivity index (χ1) is 9.33. The Morgan fingerprint density at radius 1 is 0.947 bits per heavy atom. The van der Waals surface area contributed by atoms with Crippen LogP contribution >= 0.6 is 0 Å². The topological polar surface area (TPSA) is 44.8 Å². The lowest BCUT2D eigenvalue weighted by Gasteiger charge is -2.21. The molecule has 19 heavy (non-hydrogen) atoms. The zero-order valence-corrected chi connectivity index (χ0v) is 12.2. The van der Waals surface area contributed by atoms with E-state index >= 15 is 0 Å². The molecule has 1 fully saturated rings. The minimum atomic E-state index is 0.252. The second-order valence-electron chi connectivity index (χ2n) is 5.00. The van der Waals surface area contributed by atoms with Crippen molar-refractivity contribution in [1.82, 2.24) is 0 Å². The predicted octanol–water partition coefficient (Wildman–Crippen LogP) is 2.74. The molecule has 0 unspecified atom stereocenters. The van der Waals surface area contributed by atoms with Crippen LogP contribution in [0.1, 0.15) is 51.9 Å². The summed E-state index contributed by atoms with van der Waals surface area (Å²) in [6.45, 7) is 4.83. The summed E-state index contributed by atoms with van der Waals surface area (Å²) < 4.78 is 16.5. The average molecular weight is 272 g/mol. The molecule has 0 heterocycles. The first kappa shape index (κ1) is 16.6. The van der Waals surface area contributed by atoms with Gasteiger partial charge in [0.2, 0.25) is 0 Å². The third-order valence-electron chi connectivity index (χ3n) is 3.43. The lowest BCUT2D eigenvalue weighted by molar-refractivity contribution is -0.120. The lowest BCUT2D eigenvalue weighted by Crippen LogP contribution is -2.19. The predicted molar refractivity (Wildman–Crippen MR) is 74.4 cm³/mol. The van der Waals surface area contributed by atoms with Crippen LogP contribution in [0.3, 0.4) is 0 Å². The summed E-state index contributed by atoms with van der Waals surface area (Å²) in [5.74, 6) is 0.252. The summed E-state index contributed by atoms with van der Waals surface area (Å²) in [5.41, 5.74) is 0. The highest BCUT2D eigenvalue weighted by molar-refractivity contribution is 5.78. The zero-order valence-electron chi connectivity index (χ0n) is 12.2. The minimum Gasteiger partial charge on any atom is -0.379 e. The molecule has 1 saturated carbocycles. The third-order valence-corrected chi connectivity index (χ3v) is 3.43. The molecule has 4 nitrogen and oxygen atoms in total. The highest BCUT2D eigenvalue weighted by Gasteiger charge is 2.12. The number of Topliss-reactive ketones (excluding diaryl/α,β-unsaturated/α-hetero) is 1. The maximum atomic E-state index is 11.0. The molecule has 0 radical (unpaired) electrons. The molecule has 0 N–H and O–H groups in total. The number of ether oxygens (including phenoxy) is 3. The van der Waals surface area contributed by atoms with Gasteiger partial charge in [0, 0.05) is 12.8 Å². The maximum Gasteiger partial charge on any atom is 0.134 e. The van der Waals surface area contributed by atoms with Crippen molar-refractivity contribution in [3.05, 3.63) is 0 Å². The highest BCUT2D eigenvalue weighted by atomic mass is 16.5. The van der Waals surface area contributed by atoms with Crippen LogP contribution in [0.25, 0.3) is 0 Å². The van der Waals surface area contributed by atoms with E-state index in [1.165, 1.54) is 32.1 Å². The molecular formula is C15H28O4. The van der Waals surface area contributed by atoms with Gasteiger partial charge in [-0.1, -0.05) is 26.2 Å². The first-order valence-electron chi connectivity index (χ1n) is 7.61. The van der Waals surface area contributed by atoms with E-state index in [0.29, 0.717) is 52.0 Å². The Bertz CT molecular complexity index is 224. The molecule has 0 aliphatic heterocycles. The highest BCUT2D eigenvalue weighted by Crippen LogP contribution is 2.19. The number of hydrogen-bond donors (Lipinski definition) is 0. The molecule has 0 aromatic rings. The van der Waals surface area contributed by atoms with E-state index in [-0.39, 0.29) is 5.78 Å². The molecule has 4 heteroatoms.